The number of hydrogen-bond acceptors (Lipinski definition) is 2. The summed E-state index contributed by atoms with van der Waals surface area (Å²) in [7, 11) is 1.72. The molecule has 0 bridgehead atoms. The zero-order chi connectivity index (χ0) is 14.8. The lowest BCUT2D eigenvalue weighted by Crippen LogP contribution is -2.19. The molecule has 0 saturated carbocycles. The van der Waals surface area contributed by atoms with Crippen LogP contribution in [0.3, 0.4) is 0 Å². The zero-order valence-electron chi connectivity index (χ0n) is 11.5. The molecule has 21 heavy (non-hydrogen) atoms. The zero-order valence-corrected chi connectivity index (χ0v) is 11.5. The lowest BCUT2D eigenvalue weighted by molar-refractivity contribution is 0.487. The van der Waals surface area contributed by atoms with Gasteiger partial charge in [-0.1, -0.05) is 30.3 Å². The normalized spacial score (nSPS) is 12.5. The fourth-order valence-corrected chi connectivity index (χ4v) is 2.51. The average Bonchev–Trinajstić information content (AvgIpc) is 2.52. The van der Waals surface area contributed by atoms with Crippen LogP contribution in [0.15, 0.2) is 54.7 Å². The highest BCUT2D eigenvalue weighted by atomic mass is 19.2. The Morgan fingerprint density at radius 2 is 1.90 bits per heavy atom. The lowest BCUT2D eigenvalue weighted by Gasteiger charge is -2.18. The fourth-order valence-electron chi connectivity index (χ4n) is 2.51. The summed E-state index contributed by atoms with van der Waals surface area (Å²) in [5, 5.41) is 4.04. The molecule has 1 unspecified atom stereocenters. The van der Waals surface area contributed by atoms with Gasteiger partial charge in [-0.05, 0) is 30.8 Å². The molecule has 2 nitrogen and oxygen atoms in total. The first-order chi connectivity index (χ1) is 10.2. The van der Waals surface area contributed by atoms with Crippen LogP contribution in [0, 0.1) is 11.6 Å². The van der Waals surface area contributed by atoms with Crippen molar-refractivity contribution >= 4 is 10.9 Å². The first-order valence-electron chi connectivity index (χ1n) is 6.66. The van der Waals surface area contributed by atoms with Gasteiger partial charge in [-0.15, -0.1) is 0 Å². The molecule has 0 aliphatic carbocycles. The van der Waals surface area contributed by atoms with Crippen LogP contribution >= 0.6 is 0 Å². The van der Waals surface area contributed by atoms with Crippen molar-refractivity contribution in [3.63, 3.8) is 0 Å². The van der Waals surface area contributed by atoms with Crippen molar-refractivity contribution in [1.29, 1.82) is 0 Å². The van der Waals surface area contributed by atoms with E-state index in [0.29, 0.717) is 0 Å². The number of nitrogens with one attached hydrogen (secondary N) is 1. The molecule has 0 aliphatic rings. The third-order valence-electron chi connectivity index (χ3n) is 3.54. The van der Waals surface area contributed by atoms with Crippen molar-refractivity contribution in [3.8, 4) is 0 Å². The van der Waals surface area contributed by atoms with Crippen LogP contribution in [0.5, 0.6) is 0 Å². The Kier molecular flexibility index (Phi) is 3.62. The number of hydrogen-bond donors (Lipinski definition) is 1. The van der Waals surface area contributed by atoms with Gasteiger partial charge < -0.3 is 5.32 Å². The van der Waals surface area contributed by atoms with Crippen LogP contribution in [-0.2, 0) is 0 Å². The summed E-state index contributed by atoms with van der Waals surface area (Å²) < 4.78 is 27.4. The van der Waals surface area contributed by atoms with Gasteiger partial charge in [0.2, 0.25) is 0 Å². The second kappa shape index (κ2) is 5.58. The molecule has 0 spiro atoms. The molecule has 1 heterocycles. The van der Waals surface area contributed by atoms with E-state index in [1.807, 2.05) is 30.3 Å². The molecule has 0 saturated heterocycles. The Morgan fingerprint density at radius 1 is 1.05 bits per heavy atom. The Hall–Kier alpha value is -2.33. The molecule has 0 fully saturated rings. The second-order valence-electron chi connectivity index (χ2n) is 4.82. The number of pyridine rings is 1. The highest BCUT2D eigenvalue weighted by Crippen LogP contribution is 2.27. The molecule has 0 amide bonds. The standard InChI is InChI=1S/C17H14F2N2/c1-20-17(13-5-2-6-14(18)16(13)19)12-8-7-11-4-3-9-21-15(11)10-12/h2-10,17,20H,1H3. The molecule has 0 aliphatic heterocycles. The van der Waals surface area contributed by atoms with Gasteiger partial charge in [0.1, 0.15) is 0 Å². The van der Waals surface area contributed by atoms with Crippen molar-refractivity contribution in [1.82, 2.24) is 10.3 Å². The summed E-state index contributed by atoms with van der Waals surface area (Å²) in [6, 6.07) is 13.3. The van der Waals surface area contributed by atoms with Gasteiger partial charge in [0.15, 0.2) is 11.6 Å². The highest BCUT2D eigenvalue weighted by Gasteiger charge is 2.18. The van der Waals surface area contributed by atoms with E-state index in [9.17, 15) is 8.78 Å². The third-order valence-corrected chi connectivity index (χ3v) is 3.54. The van der Waals surface area contributed by atoms with E-state index in [4.69, 9.17) is 0 Å². The smallest absolute Gasteiger partial charge is 0.163 e. The highest BCUT2D eigenvalue weighted by molar-refractivity contribution is 5.79. The molecule has 1 N–H and O–H groups in total. The topological polar surface area (TPSA) is 24.9 Å². The molecular formula is C17H14F2N2. The maximum Gasteiger partial charge on any atom is 0.163 e. The Balaban J connectivity index is 2.11. The average molecular weight is 284 g/mol. The number of benzene rings is 2. The van der Waals surface area contributed by atoms with Crippen LogP contribution in [-0.4, -0.2) is 12.0 Å². The molecule has 1 aromatic heterocycles. The van der Waals surface area contributed by atoms with E-state index in [1.54, 1.807) is 19.3 Å². The van der Waals surface area contributed by atoms with Gasteiger partial charge in [0.05, 0.1) is 11.6 Å². The minimum absolute atomic E-state index is 0.285. The maximum absolute atomic E-state index is 14.0. The second-order valence-corrected chi connectivity index (χ2v) is 4.82. The summed E-state index contributed by atoms with van der Waals surface area (Å²) in [4.78, 5) is 4.30. The molecule has 2 aromatic carbocycles. The molecule has 0 radical (unpaired) electrons. The van der Waals surface area contributed by atoms with Crippen LogP contribution in [0.4, 0.5) is 8.78 Å². The van der Waals surface area contributed by atoms with Gasteiger partial charge in [-0.25, -0.2) is 8.78 Å². The summed E-state index contributed by atoms with van der Waals surface area (Å²) in [6.45, 7) is 0. The molecular weight excluding hydrogens is 270 g/mol. The fraction of sp³-hybridized carbons (Fsp3) is 0.118. The Bertz CT molecular complexity index is 787. The van der Waals surface area contributed by atoms with E-state index < -0.39 is 17.7 Å². The van der Waals surface area contributed by atoms with Crippen molar-refractivity contribution in [2.75, 3.05) is 7.05 Å². The minimum atomic E-state index is -0.841. The minimum Gasteiger partial charge on any atom is -0.309 e. The maximum atomic E-state index is 14.0. The van der Waals surface area contributed by atoms with Gasteiger partial charge in [-0.3, -0.25) is 4.98 Å². The van der Waals surface area contributed by atoms with Crippen molar-refractivity contribution in [2.45, 2.75) is 6.04 Å². The summed E-state index contributed by atoms with van der Waals surface area (Å²) in [6.07, 6.45) is 1.71. The van der Waals surface area contributed by atoms with Crippen LogP contribution in [0.1, 0.15) is 17.2 Å². The number of halogens is 2. The Morgan fingerprint density at radius 3 is 2.71 bits per heavy atom. The molecule has 3 rings (SSSR count). The van der Waals surface area contributed by atoms with Crippen molar-refractivity contribution in [3.05, 3.63) is 77.5 Å². The predicted molar refractivity (Wildman–Crippen MR) is 79.0 cm³/mol. The third kappa shape index (κ3) is 2.50. The van der Waals surface area contributed by atoms with E-state index >= 15 is 0 Å². The van der Waals surface area contributed by atoms with Crippen LogP contribution < -0.4 is 5.32 Å². The van der Waals surface area contributed by atoms with Gasteiger partial charge in [-0.2, -0.15) is 0 Å². The number of rotatable bonds is 3. The molecule has 1 atom stereocenters. The first-order valence-corrected chi connectivity index (χ1v) is 6.66. The predicted octanol–water partition coefficient (Wildman–Crippen LogP) is 3.82. The largest absolute Gasteiger partial charge is 0.309 e. The van der Waals surface area contributed by atoms with Crippen molar-refractivity contribution < 1.29 is 8.78 Å². The summed E-state index contributed by atoms with van der Waals surface area (Å²) in [5.74, 6) is -1.66. The Labute approximate surface area is 121 Å². The number of nitrogens with zero attached hydrogens (tertiary/aromatic N) is 1. The number of fused-ring (bicyclic) bond motifs is 1. The van der Waals surface area contributed by atoms with Gasteiger partial charge in [0.25, 0.3) is 0 Å². The summed E-state index contributed by atoms with van der Waals surface area (Å²) in [5.41, 5.74) is 1.95. The molecule has 3 aromatic rings. The quantitative estimate of drug-likeness (QED) is 0.791. The molecule has 4 heteroatoms. The number of aromatic nitrogens is 1. The lowest BCUT2D eigenvalue weighted by atomic mass is 9.97. The van der Waals surface area contributed by atoms with Crippen LogP contribution in [0.25, 0.3) is 10.9 Å². The summed E-state index contributed by atoms with van der Waals surface area (Å²) >= 11 is 0. The first kappa shape index (κ1) is 13.6. The van der Waals surface area contributed by atoms with E-state index in [1.165, 1.54) is 6.07 Å². The van der Waals surface area contributed by atoms with Crippen molar-refractivity contribution in [2.24, 2.45) is 0 Å². The molecule has 106 valence electrons. The van der Waals surface area contributed by atoms with Gasteiger partial charge in [0, 0.05) is 17.1 Å². The van der Waals surface area contributed by atoms with Gasteiger partial charge >= 0.3 is 0 Å². The van der Waals surface area contributed by atoms with Crippen LogP contribution in [0.2, 0.25) is 0 Å². The van der Waals surface area contributed by atoms with E-state index in [-0.39, 0.29) is 5.56 Å². The monoisotopic (exact) mass is 284 g/mol. The SMILES string of the molecule is CNC(c1ccc2cccnc2c1)c1cccc(F)c1F. The van der Waals surface area contributed by atoms with E-state index in [2.05, 4.69) is 10.3 Å². The van der Waals surface area contributed by atoms with E-state index in [0.717, 1.165) is 22.5 Å².